The average Bonchev–Trinajstić information content (AvgIpc) is 2.40. The third-order valence-electron chi connectivity index (χ3n) is 2.58. The summed E-state index contributed by atoms with van der Waals surface area (Å²) in [5.41, 5.74) is 5.77. The van der Waals surface area contributed by atoms with E-state index in [4.69, 9.17) is 17.3 Å². The molecule has 0 aliphatic heterocycles. The van der Waals surface area contributed by atoms with Gasteiger partial charge in [-0.2, -0.15) is 0 Å². The molecule has 7 heteroatoms. The van der Waals surface area contributed by atoms with E-state index < -0.39 is 17.5 Å². The monoisotopic (exact) mass is 297 g/mol. The zero-order valence-corrected chi connectivity index (χ0v) is 10.9. The predicted molar refractivity (Wildman–Crippen MR) is 71.2 cm³/mol. The van der Waals surface area contributed by atoms with Crippen molar-refractivity contribution in [2.75, 3.05) is 5.73 Å². The molecule has 1 amide bonds. The number of carbonyl (C=O) groups is 1. The van der Waals surface area contributed by atoms with Gasteiger partial charge >= 0.3 is 0 Å². The van der Waals surface area contributed by atoms with E-state index in [-0.39, 0.29) is 28.5 Å². The standard InChI is InChI=1S/C13H10ClF2N3O/c14-10-6-18-12(17)4-9(10)13(20)19-5-7-1-2-8(15)3-11(7)16/h1-4,6H,5H2,(H2,17,18)(H,19,20). The topological polar surface area (TPSA) is 68.0 Å². The van der Waals surface area contributed by atoms with Crippen LogP contribution in [0.5, 0.6) is 0 Å². The zero-order valence-electron chi connectivity index (χ0n) is 10.2. The summed E-state index contributed by atoms with van der Waals surface area (Å²) in [6, 6.07) is 4.44. The fourth-order valence-electron chi connectivity index (χ4n) is 1.56. The minimum atomic E-state index is -0.731. The third kappa shape index (κ3) is 3.21. The molecule has 0 radical (unpaired) electrons. The summed E-state index contributed by atoms with van der Waals surface area (Å²) in [6.45, 7) is -0.0937. The summed E-state index contributed by atoms with van der Waals surface area (Å²) in [6.07, 6.45) is 1.25. The summed E-state index contributed by atoms with van der Waals surface area (Å²) in [7, 11) is 0. The van der Waals surface area contributed by atoms with Crippen molar-refractivity contribution in [3.63, 3.8) is 0 Å². The van der Waals surface area contributed by atoms with Crippen LogP contribution < -0.4 is 11.1 Å². The number of carbonyl (C=O) groups excluding carboxylic acids is 1. The van der Waals surface area contributed by atoms with Gasteiger partial charge < -0.3 is 11.1 Å². The van der Waals surface area contributed by atoms with E-state index in [1.807, 2.05) is 0 Å². The van der Waals surface area contributed by atoms with E-state index in [9.17, 15) is 13.6 Å². The second-order valence-corrected chi connectivity index (χ2v) is 4.41. The van der Waals surface area contributed by atoms with Crippen LogP contribution in [0, 0.1) is 11.6 Å². The molecular weight excluding hydrogens is 288 g/mol. The van der Waals surface area contributed by atoms with E-state index >= 15 is 0 Å². The summed E-state index contributed by atoms with van der Waals surface area (Å²) >= 11 is 5.82. The molecule has 0 atom stereocenters. The van der Waals surface area contributed by atoms with Crippen LogP contribution in [0.25, 0.3) is 0 Å². The molecule has 2 rings (SSSR count). The highest BCUT2D eigenvalue weighted by atomic mass is 35.5. The maximum Gasteiger partial charge on any atom is 0.253 e. The van der Waals surface area contributed by atoms with Crippen LogP contribution in [-0.2, 0) is 6.54 Å². The first-order valence-electron chi connectivity index (χ1n) is 5.60. The first kappa shape index (κ1) is 14.2. The molecule has 4 nitrogen and oxygen atoms in total. The lowest BCUT2D eigenvalue weighted by atomic mass is 10.2. The van der Waals surface area contributed by atoms with Crippen molar-refractivity contribution in [2.24, 2.45) is 0 Å². The molecule has 0 spiro atoms. The number of amides is 1. The molecule has 0 saturated heterocycles. The van der Waals surface area contributed by atoms with Crippen LogP contribution in [-0.4, -0.2) is 10.9 Å². The third-order valence-corrected chi connectivity index (χ3v) is 2.88. The maximum absolute atomic E-state index is 13.4. The van der Waals surface area contributed by atoms with Gasteiger partial charge in [-0.3, -0.25) is 4.79 Å². The number of nitrogens with zero attached hydrogens (tertiary/aromatic N) is 1. The highest BCUT2D eigenvalue weighted by molar-refractivity contribution is 6.33. The maximum atomic E-state index is 13.4. The molecule has 0 aliphatic carbocycles. The van der Waals surface area contributed by atoms with Crippen molar-refractivity contribution in [1.82, 2.24) is 10.3 Å². The Labute approximate surface area is 118 Å². The molecular formula is C13H10ClF2N3O. The summed E-state index contributed by atoms with van der Waals surface area (Å²) in [5.74, 6) is -1.78. The Balaban J connectivity index is 2.10. The number of hydrogen-bond donors (Lipinski definition) is 2. The van der Waals surface area contributed by atoms with Gasteiger partial charge in [-0.15, -0.1) is 0 Å². The number of anilines is 1. The second-order valence-electron chi connectivity index (χ2n) is 4.01. The second kappa shape index (κ2) is 5.83. The van der Waals surface area contributed by atoms with E-state index in [0.717, 1.165) is 12.1 Å². The van der Waals surface area contributed by atoms with Gasteiger partial charge in [0.15, 0.2) is 0 Å². The normalized spacial score (nSPS) is 10.3. The molecule has 0 unspecified atom stereocenters. The van der Waals surface area contributed by atoms with Crippen LogP contribution in [0.1, 0.15) is 15.9 Å². The molecule has 104 valence electrons. The van der Waals surface area contributed by atoms with Crippen LogP contribution in [0.4, 0.5) is 14.6 Å². The molecule has 0 aliphatic rings. The number of aromatic nitrogens is 1. The number of benzene rings is 1. The average molecular weight is 298 g/mol. The van der Waals surface area contributed by atoms with E-state index in [0.29, 0.717) is 0 Å². The van der Waals surface area contributed by atoms with Crippen LogP contribution >= 0.6 is 11.6 Å². The van der Waals surface area contributed by atoms with Crippen molar-refractivity contribution < 1.29 is 13.6 Å². The fourth-order valence-corrected chi connectivity index (χ4v) is 1.75. The minimum Gasteiger partial charge on any atom is -0.384 e. The number of nitrogen functional groups attached to an aromatic ring is 1. The number of halogens is 3. The van der Waals surface area contributed by atoms with Crippen molar-refractivity contribution in [2.45, 2.75) is 6.54 Å². The molecule has 3 N–H and O–H groups in total. The molecule has 0 fully saturated rings. The Morgan fingerprint density at radius 1 is 1.35 bits per heavy atom. The minimum absolute atomic E-state index is 0.0937. The predicted octanol–water partition coefficient (Wildman–Crippen LogP) is 2.53. The highest BCUT2D eigenvalue weighted by Crippen LogP contribution is 2.17. The SMILES string of the molecule is Nc1cc(C(=O)NCc2ccc(F)cc2F)c(Cl)cn1. The van der Waals surface area contributed by atoms with Gasteiger partial charge in [-0.05, 0) is 12.1 Å². The molecule has 1 aromatic heterocycles. The van der Waals surface area contributed by atoms with Gasteiger partial charge in [0.2, 0.25) is 0 Å². The van der Waals surface area contributed by atoms with Gasteiger partial charge in [0, 0.05) is 24.4 Å². The Morgan fingerprint density at radius 3 is 2.80 bits per heavy atom. The lowest BCUT2D eigenvalue weighted by Gasteiger charge is -2.08. The molecule has 20 heavy (non-hydrogen) atoms. The number of hydrogen-bond acceptors (Lipinski definition) is 3. The largest absolute Gasteiger partial charge is 0.384 e. The highest BCUT2D eigenvalue weighted by Gasteiger charge is 2.12. The Hall–Kier alpha value is -2.21. The van der Waals surface area contributed by atoms with Crippen LogP contribution in [0.3, 0.4) is 0 Å². The van der Waals surface area contributed by atoms with E-state index in [1.165, 1.54) is 18.3 Å². The van der Waals surface area contributed by atoms with Crippen molar-refractivity contribution >= 4 is 23.3 Å². The first-order valence-corrected chi connectivity index (χ1v) is 5.98. The number of nitrogens with one attached hydrogen (secondary N) is 1. The quantitative estimate of drug-likeness (QED) is 0.915. The summed E-state index contributed by atoms with van der Waals surface area (Å²) < 4.78 is 26.1. The van der Waals surface area contributed by atoms with Crippen LogP contribution in [0.2, 0.25) is 5.02 Å². The molecule has 0 saturated carbocycles. The Kier molecular flexibility index (Phi) is 4.14. The van der Waals surface area contributed by atoms with Crippen molar-refractivity contribution in [3.8, 4) is 0 Å². The Bertz CT molecular complexity index is 664. The fraction of sp³-hybridized carbons (Fsp3) is 0.0769. The van der Waals surface area contributed by atoms with Crippen LogP contribution in [0.15, 0.2) is 30.5 Å². The Morgan fingerprint density at radius 2 is 2.10 bits per heavy atom. The lowest BCUT2D eigenvalue weighted by Crippen LogP contribution is -2.24. The van der Waals surface area contributed by atoms with E-state index in [1.54, 1.807) is 0 Å². The smallest absolute Gasteiger partial charge is 0.253 e. The van der Waals surface area contributed by atoms with Gasteiger partial charge in [0.1, 0.15) is 17.5 Å². The molecule has 2 aromatic rings. The summed E-state index contributed by atoms with van der Waals surface area (Å²) in [5, 5.41) is 2.61. The number of pyridine rings is 1. The molecule has 1 heterocycles. The summed E-state index contributed by atoms with van der Waals surface area (Å²) in [4.78, 5) is 15.6. The lowest BCUT2D eigenvalue weighted by molar-refractivity contribution is 0.0950. The van der Waals surface area contributed by atoms with E-state index in [2.05, 4.69) is 10.3 Å². The zero-order chi connectivity index (χ0) is 14.7. The number of rotatable bonds is 3. The van der Waals surface area contributed by atoms with Gasteiger partial charge in [-0.25, -0.2) is 13.8 Å². The number of nitrogens with two attached hydrogens (primary N) is 1. The van der Waals surface area contributed by atoms with Gasteiger partial charge in [-0.1, -0.05) is 17.7 Å². The van der Waals surface area contributed by atoms with Crippen molar-refractivity contribution in [1.29, 1.82) is 0 Å². The van der Waals surface area contributed by atoms with Crippen molar-refractivity contribution in [3.05, 3.63) is 58.2 Å². The molecule has 1 aromatic carbocycles. The first-order chi connectivity index (χ1) is 9.47. The molecule has 0 bridgehead atoms. The van der Waals surface area contributed by atoms with Gasteiger partial charge in [0.25, 0.3) is 5.91 Å². The van der Waals surface area contributed by atoms with Gasteiger partial charge in [0.05, 0.1) is 10.6 Å².